The molecule has 0 radical (unpaired) electrons. The SMILES string of the molecule is O=C(Nc1ccccc1C(F)(F)F)N(CCCn1ccnc1)Cc1c(F)cccc1Cl. The summed E-state index contributed by atoms with van der Waals surface area (Å²) in [6.45, 7) is 0.478. The van der Waals surface area contributed by atoms with Gasteiger partial charge in [0.25, 0.3) is 0 Å². The summed E-state index contributed by atoms with van der Waals surface area (Å²) >= 11 is 6.08. The smallest absolute Gasteiger partial charge is 0.337 e. The summed E-state index contributed by atoms with van der Waals surface area (Å²) in [4.78, 5) is 18.0. The molecule has 2 aromatic carbocycles. The molecule has 2 amide bonds. The summed E-state index contributed by atoms with van der Waals surface area (Å²) in [6.07, 6.45) is 0.800. The van der Waals surface area contributed by atoms with E-state index in [9.17, 15) is 22.4 Å². The van der Waals surface area contributed by atoms with Gasteiger partial charge < -0.3 is 14.8 Å². The van der Waals surface area contributed by atoms with Crippen molar-refractivity contribution in [3.63, 3.8) is 0 Å². The van der Waals surface area contributed by atoms with Crippen LogP contribution in [0.2, 0.25) is 5.02 Å². The molecule has 0 aliphatic carbocycles. The van der Waals surface area contributed by atoms with Crippen molar-refractivity contribution in [3.05, 3.63) is 83.2 Å². The molecule has 0 saturated heterocycles. The third-order valence-corrected chi connectivity index (χ3v) is 4.93. The van der Waals surface area contributed by atoms with Gasteiger partial charge in [0.2, 0.25) is 0 Å². The standard InChI is InChI=1S/C21H19ClF4N4O/c22-17-6-3-7-18(23)15(17)13-30(11-4-10-29-12-9-27-14-29)20(31)28-19-8-2-1-5-16(19)21(24,25)26/h1-3,5-9,12,14H,4,10-11,13H2,(H,28,31). The van der Waals surface area contributed by atoms with Gasteiger partial charge in [-0.05, 0) is 30.7 Å². The number of aromatic nitrogens is 2. The van der Waals surface area contributed by atoms with Crippen molar-refractivity contribution in [1.82, 2.24) is 14.5 Å². The van der Waals surface area contributed by atoms with Gasteiger partial charge in [0.15, 0.2) is 0 Å². The second kappa shape index (κ2) is 9.82. The Bertz CT molecular complexity index is 1000. The fourth-order valence-electron chi connectivity index (χ4n) is 3.02. The zero-order valence-corrected chi connectivity index (χ0v) is 17.0. The Balaban J connectivity index is 1.80. The number of para-hydroxylation sites is 1. The minimum Gasteiger partial charge on any atom is -0.337 e. The van der Waals surface area contributed by atoms with Crippen molar-refractivity contribution in [2.24, 2.45) is 0 Å². The lowest BCUT2D eigenvalue weighted by Gasteiger charge is -2.25. The predicted molar refractivity (Wildman–Crippen MR) is 109 cm³/mol. The van der Waals surface area contributed by atoms with Crippen molar-refractivity contribution in [2.45, 2.75) is 25.7 Å². The minimum atomic E-state index is -4.63. The Morgan fingerprint density at radius 3 is 2.61 bits per heavy atom. The van der Waals surface area contributed by atoms with Crippen LogP contribution in [0.5, 0.6) is 0 Å². The second-order valence-corrected chi connectivity index (χ2v) is 7.16. The van der Waals surface area contributed by atoms with Gasteiger partial charge >= 0.3 is 12.2 Å². The number of rotatable bonds is 7. The first-order chi connectivity index (χ1) is 14.8. The van der Waals surface area contributed by atoms with Crippen LogP contribution < -0.4 is 5.32 Å². The molecule has 5 nitrogen and oxygen atoms in total. The van der Waals surface area contributed by atoms with Gasteiger partial charge in [0, 0.05) is 36.1 Å². The maximum Gasteiger partial charge on any atom is 0.418 e. The van der Waals surface area contributed by atoms with Crippen LogP contribution in [0, 0.1) is 5.82 Å². The van der Waals surface area contributed by atoms with Crippen LogP contribution in [0.15, 0.2) is 61.2 Å². The first kappa shape index (κ1) is 22.6. The molecule has 1 aromatic heterocycles. The summed E-state index contributed by atoms with van der Waals surface area (Å²) in [7, 11) is 0. The maximum absolute atomic E-state index is 14.3. The van der Waals surface area contributed by atoms with Gasteiger partial charge in [-0.15, -0.1) is 0 Å². The fraction of sp³-hybridized carbons (Fsp3) is 0.238. The molecule has 0 fully saturated rings. The lowest BCUT2D eigenvalue weighted by molar-refractivity contribution is -0.136. The average Bonchev–Trinajstić information content (AvgIpc) is 3.22. The number of imidazole rings is 1. The molecule has 0 atom stereocenters. The number of benzene rings is 2. The third kappa shape index (κ3) is 5.97. The summed E-state index contributed by atoms with van der Waals surface area (Å²) in [5.41, 5.74) is -1.25. The molecular formula is C21H19ClF4N4O. The largest absolute Gasteiger partial charge is 0.418 e. The number of urea groups is 1. The first-order valence-corrected chi connectivity index (χ1v) is 9.74. The number of alkyl halides is 3. The molecule has 1 heterocycles. The van der Waals surface area contributed by atoms with Gasteiger partial charge in [-0.2, -0.15) is 13.2 Å². The van der Waals surface area contributed by atoms with E-state index in [1.165, 1.54) is 41.3 Å². The van der Waals surface area contributed by atoms with E-state index >= 15 is 0 Å². The number of amides is 2. The summed E-state index contributed by atoms with van der Waals surface area (Å²) < 4.78 is 55.9. The zero-order valence-electron chi connectivity index (χ0n) is 16.2. The Hall–Kier alpha value is -3.07. The van der Waals surface area contributed by atoms with Gasteiger partial charge in [-0.1, -0.05) is 29.8 Å². The van der Waals surface area contributed by atoms with Gasteiger partial charge in [-0.3, -0.25) is 0 Å². The van der Waals surface area contributed by atoms with E-state index < -0.39 is 23.6 Å². The number of hydrogen-bond donors (Lipinski definition) is 1. The highest BCUT2D eigenvalue weighted by Gasteiger charge is 2.34. The number of hydrogen-bond acceptors (Lipinski definition) is 2. The maximum atomic E-state index is 14.3. The number of carbonyl (C=O) groups is 1. The zero-order chi connectivity index (χ0) is 22.4. The molecule has 0 aliphatic heterocycles. The van der Waals surface area contributed by atoms with Crippen LogP contribution in [-0.2, 0) is 19.3 Å². The Labute approximate surface area is 181 Å². The molecule has 10 heteroatoms. The van der Waals surface area contributed by atoms with E-state index in [0.29, 0.717) is 13.0 Å². The number of nitrogens with one attached hydrogen (secondary N) is 1. The first-order valence-electron chi connectivity index (χ1n) is 9.36. The highest BCUT2D eigenvalue weighted by Crippen LogP contribution is 2.34. The second-order valence-electron chi connectivity index (χ2n) is 6.75. The lowest BCUT2D eigenvalue weighted by Crippen LogP contribution is -2.36. The monoisotopic (exact) mass is 454 g/mol. The van der Waals surface area contributed by atoms with Crippen molar-refractivity contribution in [2.75, 3.05) is 11.9 Å². The highest BCUT2D eigenvalue weighted by atomic mass is 35.5. The Morgan fingerprint density at radius 1 is 1.16 bits per heavy atom. The molecule has 164 valence electrons. The van der Waals surface area contributed by atoms with E-state index in [1.807, 2.05) is 0 Å². The number of carbonyl (C=O) groups excluding carboxylic acids is 1. The Kier molecular flexibility index (Phi) is 7.17. The molecule has 0 spiro atoms. The number of anilines is 1. The predicted octanol–water partition coefficient (Wildman–Crippen LogP) is 5.82. The molecule has 0 bridgehead atoms. The van der Waals surface area contributed by atoms with E-state index in [-0.39, 0.29) is 29.4 Å². The highest BCUT2D eigenvalue weighted by molar-refractivity contribution is 6.31. The van der Waals surface area contributed by atoms with Gasteiger partial charge in [-0.25, -0.2) is 14.2 Å². The minimum absolute atomic E-state index is 0.0889. The average molecular weight is 455 g/mol. The molecule has 0 saturated carbocycles. The van der Waals surface area contributed by atoms with Crippen LogP contribution in [0.25, 0.3) is 0 Å². The number of nitrogens with zero attached hydrogens (tertiary/aromatic N) is 3. The summed E-state index contributed by atoms with van der Waals surface area (Å²) in [6, 6.07) is 8.02. The summed E-state index contributed by atoms with van der Waals surface area (Å²) in [5.74, 6) is -0.601. The summed E-state index contributed by atoms with van der Waals surface area (Å²) in [5, 5.41) is 2.43. The van der Waals surface area contributed by atoms with Crippen LogP contribution in [0.4, 0.5) is 28.0 Å². The van der Waals surface area contributed by atoms with Gasteiger partial charge in [0.1, 0.15) is 5.82 Å². The van der Waals surface area contributed by atoms with E-state index in [4.69, 9.17) is 11.6 Å². The molecular weight excluding hydrogens is 436 g/mol. The molecule has 0 aliphatic rings. The van der Waals surface area contributed by atoms with E-state index in [2.05, 4.69) is 10.3 Å². The van der Waals surface area contributed by atoms with Crippen molar-refractivity contribution >= 4 is 23.3 Å². The normalized spacial score (nSPS) is 11.4. The van der Waals surface area contributed by atoms with Crippen molar-refractivity contribution in [1.29, 1.82) is 0 Å². The molecule has 0 unspecified atom stereocenters. The fourth-order valence-corrected chi connectivity index (χ4v) is 3.25. The molecule has 3 aromatic rings. The van der Waals surface area contributed by atoms with Crippen LogP contribution in [0.1, 0.15) is 17.5 Å². The molecule has 1 N–H and O–H groups in total. The topological polar surface area (TPSA) is 50.2 Å². The van der Waals surface area contributed by atoms with Crippen LogP contribution in [-0.4, -0.2) is 27.0 Å². The lowest BCUT2D eigenvalue weighted by atomic mass is 10.1. The molecule has 31 heavy (non-hydrogen) atoms. The van der Waals surface area contributed by atoms with Crippen molar-refractivity contribution in [3.8, 4) is 0 Å². The third-order valence-electron chi connectivity index (χ3n) is 4.58. The van der Waals surface area contributed by atoms with Gasteiger partial charge in [0.05, 0.1) is 24.1 Å². The Morgan fingerprint density at radius 2 is 1.94 bits per heavy atom. The van der Waals surface area contributed by atoms with Crippen LogP contribution in [0.3, 0.4) is 0 Å². The molecule has 3 rings (SSSR count). The van der Waals surface area contributed by atoms with Crippen molar-refractivity contribution < 1.29 is 22.4 Å². The van der Waals surface area contributed by atoms with Crippen LogP contribution >= 0.6 is 11.6 Å². The number of halogens is 5. The quantitative estimate of drug-likeness (QED) is 0.457. The van der Waals surface area contributed by atoms with E-state index in [0.717, 1.165) is 6.07 Å². The number of aryl methyl sites for hydroxylation is 1. The van der Waals surface area contributed by atoms with E-state index in [1.54, 1.807) is 23.3 Å².